The van der Waals surface area contributed by atoms with Crippen molar-refractivity contribution in [3.63, 3.8) is 0 Å². The highest BCUT2D eigenvalue weighted by atomic mass is 16.6. The number of rotatable bonds is 0. The summed E-state index contributed by atoms with van der Waals surface area (Å²) in [7, 11) is 0. The largest absolute Gasteiger partial charge is 0.511 e. The predicted octanol–water partition coefficient (Wildman–Crippen LogP) is 4.11. The molecule has 0 aromatic rings. The summed E-state index contributed by atoms with van der Waals surface area (Å²) in [4.78, 5) is 27.9. The van der Waals surface area contributed by atoms with Crippen LogP contribution in [0.15, 0.2) is 58.9 Å². The first-order valence-electron chi connectivity index (χ1n) is 14.2. The summed E-state index contributed by atoms with van der Waals surface area (Å²) in [5.41, 5.74) is -2.73. The summed E-state index contributed by atoms with van der Waals surface area (Å²) in [6.45, 7) is 11.2. The Bertz CT molecular complexity index is 1230. The minimum Gasteiger partial charge on any atom is -0.511 e. The van der Waals surface area contributed by atoms with Crippen LogP contribution in [0.3, 0.4) is 0 Å². The van der Waals surface area contributed by atoms with Gasteiger partial charge >= 0.3 is 5.97 Å². The van der Waals surface area contributed by atoms with E-state index in [9.17, 15) is 30.0 Å². The summed E-state index contributed by atoms with van der Waals surface area (Å²) < 4.78 is 5.96. The molecule has 0 unspecified atom stereocenters. The van der Waals surface area contributed by atoms with Gasteiger partial charge in [0.2, 0.25) is 5.78 Å². The lowest BCUT2D eigenvalue weighted by Crippen LogP contribution is -2.59. The lowest BCUT2D eigenvalue weighted by Gasteiger charge is -2.57. The van der Waals surface area contributed by atoms with E-state index < -0.39 is 58.3 Å². The number of Topliss-reactive ketones (excluding diaryl/α,β-unsaturated/α-hetero) is 1. The maximum absolute atomic E-state index is 14.3. The smallest absolute Gasteiger partial charge is 0.346 e. The fourth-order valence-corrected chi connectivity index (χ4v) is 8.42. The Hall–Kier alpha value is -2.48. The minimum absolute atomic E-state index is 0.0289. The molecule has 0 amide bonds. The standard InChI is InChI=1S/C32H42O7/c1-16-7-9-20-13-18(3)23(33)12-8-17(2)22-11-10-21-25(19(4)15-30(5,38)26(21)34)31(22,6)27(35)24-28(36)32(20,14-16)39-29(24)37/h7-11,13,16,19-23,25-26,33-35,38H,12,14-15H2,1-6H3/b17-8+,18-13+,27-24+/t16-,19-,20-,21-,22-,23-,25+,26+,30+,31+,32-/m0/s1. The van der Waals surface area contributed by atoms with Gasteiger partial charge in [-0.05, 0) is 56.9 Å². The van der Waals surface area contributed by atoms with E-state index in [-0.39, 0.29) is 35.5 Å². The maximum atomic E-state index is 14.3. The molecular weight excluding hydrogens is 496 g/mol. The third-order valence-corrected chi connectivity index (χ3v) is 10.4. The van der Waals surface area contributed by atoms with Crippen LogP contribution in [-0.4, -0.2) is 55.6 Å². The highest BCUT2D eigenvalue weighted by Crippen LogP contribution is 2.60. The highest BCUT2D eigenvalue weighted by Gasteiger charge is 2.63. The lowest BCUT2D eigenvalue weighted by atomic mass is 9.49. The average Bonchev–Trinajstić information content (AvgIpc) is 3.09. The molecule has 2 bridgehead atoms. The topological polar surface area (TPSA) is 124 Å². The van der Waals surface area contributed by atoms with Crippen LogP contribution < -0.4 is 0 Å². The molecule has 4 aliphatic carbocycles. The second-order valence-electron chi connectivity index (χ2n) is 13.3. The third-order valence-electron chi connectivity index (χ3n) is 10.4. The van der Waals surface area contributed by atoms with E-state index in [2.05, 4.69) is 0 Å². The number of aliphatic hydroxyl groups excluding tert-OH is 3. The van der Waals surface area contributed by atoms with Crippen molar-refractivity contribution in [1.29, 1.82) is 0 Å². The number of carbonyl (C=O) groups excluding carboxylic acids is 2. The van der Waals surface area contributed by atoms with Gasteiger partial charge in [-0.25, -0.2) is 4.79 Å². The van der Waals surface area contributed by atoms with E-state index >= 15 is 0 Å². The number of hydrogen-bond acceptors (Lipinski definition) is 7. The van der Waals surface area contributed by atoms with Gasteiger partial charge in [-0.3, -0.25) is 4.79 Å². The molecule has 1 saturated heterocycles. The van der Waals surface area contributed by atoms with Crippen LogP contribution in [0.1, 0.15) is 60.8 Å². The predicted molar refractivity (Wildman–Crippen MR) is 146 cm³/mol. The molecule has 1 heterocycles. The van der Waals surface area contributed by atoms with Crippen molar-refractivity contribution in [2.45, 2.75) is 84.2 Å². The first-order valence-corrected chi connectivity index (χ1v) is 14.2. The van der Waals surface area contributed by atoms with Gasteiger partial charge in [-0.1, -0.05) is 62.8 Å². The average molecular weight is 539 g/mol. The maximum Gasteiger partial charge on any atom is 0.346 e. The first-order chi connectivity index (χ1) is 18.1. The number of hydrogen-bond donors (Lipinski definition) is 4. The van der Waals surface area contributed by atoms with Crippen molar-refractivity contribution in [2.75, 3.05) is 0 Å². The summed E-state index contributed by atoms with van der Waals surface area (Å²) in [6, 6.07) is 0. The fourth-order valence-electron chi connectivity index (χ4n) is 8.42. The van der Waals surface area contributed by atoms with E-state index in [0.717, 1.165) is 5.57 Å². The SMILES string of the molecule is C/C1=C\[C@@H]2C=C[C@H](C)C[C@]23OC(=O)/C(=C(/O)[C@@]2(C)[C@H]4[C@H](C=C[C@H]2/C(C)=C/C[C@@H]1O)[C@@H](O)[C@](C)(O)C[C@@H]4C)C3=O. The highest BCUT2D eigenvalue weighted by molar-refractivity contribution is 6.26. The first kappa shape index (κ1) is 28.1. The Labute approximate surface area is 230 Å². The summed E-state index contributed by atoms with van der Waals surface area (Å²) in [5.74, 6) is -3.75. The van der Waals surface area contributed by atoms with Crippen molar-refractivity contribution in [1.82, 2.24) is 0 Å². The van der Waals surface area contributed by atoms with Crippen LogP contribution in [-0.2, 0) is 14.3 Å². The van der Waals surface area contributed by atoms with Gasteiger partial charge in [0.05, 0.1) is 17.8 Å². The molecule has 5 rings (SSSR count). The van der Waals surface area contributed by atoms with Gasteiger partial charge in [0.15, 0.2) is 5.60 Å². The molecule has 212 valence electrons. The molecule has 2 fully saturated rings. The quantitative estimate of drug-likeness (QED) is 0.208. The van der Waals surface area contributed by atoms with Crippen molar-refractivity contribution >= 4 is 11.8 Å². The van der Waals surface area contributed by atoms with Crippen LogP contribution in [0, 0.1) is 40.9 Å². The van der Waals surface area contributed by atoms with Gasteiger partial charge in [0, 0.05) is 29.6 Å². The van der Waals surface area contributed by atoms with Crippen molar-refractivity contribution in [3.8, 4) is 0 Å². The molecular formula is C32H42O7. The summed E-state index contributed by atoms with van der Waals surface area (Å²) in [6.07, 6.45) is 10.5. The van der Waals surface area contributed by atoms with Crippen molar-refractivity contribution in [3.05, 3.63) is 58.9 Å². The zero-order chi connectivity index (χ0) is 28.7. The number of ether oxygens (including phenoxy) is 1. The van der Waals surface area contributed by atoms with Crippen LogP contribution in [0.2, 0.25) is 0 Å². The van der Waals surface area contributed by atoms with Crippen LogP contribution in [0.5, 0.6) is 0 Å². The Morgan fingerprint density at radius 3 is 2.36 bits per heavy atom. The van der Waals surface area contributed by atoms with Gasteiger partial charge in [-0.15, -0.1) is 0 Å². The molecule has 1 saturated carbocycles. The van der Waals surface area contributed by atoms with Gasteiger partial charge in [0.1, 0.15) is 11.3 Å². The van der Waals surface area contributed by atoms with Crippen molar-refractivity contribution in [2.24, 2.45) is 40.9 Å². The van der Waals surface area contributed by atoms with Crippen LogP contribution in [0.25, 0.3) is 0 Å². The number of ketones is 1. The third kappa shape index (κ3) is 4.03. The summed E-state index contributed by atoms with van der Waals surface area (Å²) >= 11 is 0. The molecule has 0 radical (unpaired) electrons. The molecule has 11 atom stereocenters. The van der Waals surface area contributed by atoms with Crippen LogP contribution in [0.4, 0.5) is 0 Å². The molecule has 0 aromatic heterocycles. The van der Waals surface area contributed by atoms with Crippen molar-refractivity contribution < 1.29 is 34.8 Å². The van der Waals surface area contributed by atoms with Crippen LogP contribution >= 0.6 is 0 Å². The molecule has 0 aromatic carbocycles. The monoisotopic (exact) mass is 538 g/mol. The molecule has 4 N–H and O–H groups in total. The zero-order valence-electron chi connectivity index (χ0n) is 23.7. The molecule has 1 spiro atoms. The number of aliphatic hydroxyl groups is 4. The molecule has 7 nitrogen and oxygen atoms in total. The van der Waals surface area contributed by atoms with E-state index in [1.54, 1.807) is 6.92 Å². The van der Waals surface area contributed by atoms with Gasteiger partial charge in [-0.2, -0.15) is 0 Å². The second-order valence-corrected chi connectivity index (χ2v) is 13.3. The number of allylic oxidation sites excluding steroid dienone is 4. The zero-order valence-corrected chi connectivity index (χ0v) is 23.7. The van der Waals surface area contributed by atoms with Gasteiger partial charge in [0.25, 0.3) is 0 Å². The normalized spacial score (nSPS) is 52.5. The fraction of sp³-hybridized carbons (Fsp3) is 0.625. The number of esters is 1. The van der Waals surface area contributed by atoms with E-state index in [0.29, 0.717) is 18.4 Å². The lowest BCUT2D eigenvalue weighted by molar-refractivity contribution is -0.162. The Balaban J connectivity index is 1.78. The number of fused-ring (bicyclic) bond motifs is 4. The van der Waals surface area contributed by atoms with E-state index in [1.807, 2.05) is 71.1 Å². The molecule has 39 heavy (non-hydrogen) atoms. The minimum atomic E-state index is -1.50. The molecule has 1 aliphatic heterocycles. The molecule has 5 aliphatic rings. The Morgan fingerprint density at radius 2 is 1.67 bits per heavy atom. The number of carbonyl (C=O) groups is 2. The van der Waals surface area contributed by atoms with Gasteiger partial charge < -0.3 is 25.2 Å². The van der Waals surface area contributed by atoms with E-state index in [1.165, 1.54) is 0 Å². The second kappa shape index (κ2) is 9.28. The summed E-state index contributed by atoms with van der Waals surface area (Å²) in [5, 5.41) is 45.4. The Kier molecular flexibility index (Phi) is 6.68. The Morgan fingerprint density at radius 1 is 0.974 bits per heavy atom. The molecule has 7 heteroatoms. The van der Waals surface area contributed by atoms with E-state index in [4.69, 9.17) is 4.74 Å².